The van der Waals surface area contributed by atoms with Crippen LogP contribution in [0.5, 0.6) is 0 Å². The zero-order chi connectivity index (χ0) is 25.2. The van der Waals surface area contributed by atoms with E-state index in [4.69, 9.17) is 0 Å². The van der Waals surface area contributed by atoms with Gasteiger partial charge in [0.05, 0.1) is 6.10 Å². The first-order valence-corrected chi connectivity index (χ1v) is 13.0. The van der Waals surface area contributed by atoms with Gasteiger partial charge in [0.25, 0.3) is 5.91 Å². The van der Waals surface area contributed by atoms with E-state index in [1.807, 2.05) is 4.90 Å². The molecule has 2 unspecified atom stereocenters. The second-order valence-corrected chi connectivity index (χ2v) is 10.3. The Morgan fingerprint density at radius 1 is 1.00 bits per heavy atom. The van der Waals surface area contributed by atoms with Crippen molar-refractivity contribution in [2.45, 2.75) is 64.3 Å². The molecule has 0 spiro atoms. The van der Waals surface area contributed by atoms with E-state index in [2.05, 4.69) is 44.5 Å². The minimum absolute atomic E-state index is 0.0487. The lowest BCUT2D eigenvalue weighted by Crippen LogP contribution is -2.56. The van der Waals surface area contributed by atoms with Crippen molar-refractivity contribution < 1.29 is 14.7 Å². The topological polar surface area (TPSA) is 102 Å². The van der Waals surface area contributed by atoms with Gasteiger partial charge in [-0.05, 0) is 43.7 Å². The average Bonchev–Trinajstić information content (AvgIpc) is 2.88. The summed E-state index contributed by atoms with van der Waals surface area (Å²) in [6.45, 7) is 7.50. The fourth-order valence-corrected chi connectivity index (χ4v) is 5.79. The molecule has 2 saturated heterocycles. The summed E-state index contributed by atoms with van der Waals surface area (Å²) in [5.41, 5.74) is 3.07. The number of anilines is 1. The van der Waals surface area contributed by atoms with Gasteiger partial charge >= 0.3 is 0 Å². The van der Waals surface area contributed by atoms with Gasteiger partial charge in [0.1, 0.15) is 17.3 Å². The van der Waals surface area contributed by atoms with Crippen molar-refractivity contribution in [2.24, 2.45) is 0 Å². The molecule has 0 saturated carbocycles. The minimum atomic E-state index is -0.597. The minimum Gasteiger partial charge on any atom is -0.390 e. The van der Waals surface area contributed by atoms with Crippen molar-refractivity contribution >= 4 is 17.6 Å². The van der Waals surface area contributed by atoms with Gasteiger partial charge in [0, 0.05) is 64.3 Å². The number of carbonyl (C=O) groups is 2. The average molecular weight is 493 g/mol. The summed E-state index contributed by atoms with van der Waals surface area (Å²) in [4.78, 5) is 39.8. The fraction of sp³-hybridized carbons (Fsp3) is 0.556. The molecule has 192 valence electrons. The van der Waals surface area contributed by atoms with E-state index in [1.165, 1.54) is 11.1 Å². The standard InChI is InChI=1S/C27H36N6O3/c1-18-28-23(15-26(29-18)30-22-8-12-31(13-9-22)19(2)34)27(36)33-14-10-24(25(35)17-33)32-11-7-20-5-3-4-6-21(20)16-32/h3-6,15,22,24-25,35H,7-14,16-17H2,1-2H3,(H,28,29,30). The number of aliphatic hydroxyl groups excluding tert-OH is 1. The summed E-state index contributed by atoms with van der Waals surface area (Å²) in [5.74, 6) is 1.10. The lowest BCUT2D eigenvalue weighted by Gasteiger charge is -2.43. The first-order chi connectivity index (χ1) is 17.4. The second-order valence-electron chi connectivity index (χ2n) is 10.3. The van der Waals surface area contributed by atoms with Gasteiger partial charge in [-0.2, -0.15) is 0 Å². The van der Waals surface area contributed by atoms with Gasteiger partial charge in [-0.25, -0.2) is 9.97 Å². The summed E-state index contributed by atoms with van der Waals surface area (Å²) < 4.78 is 0. The number of nitrogens with zero attached hydrogens (tertiary/aromatic N) is 5. The van der Waals surface area contributed by atoms with E-state index in [9.17, 15) is 14.7 Å². The highest BCUT2D eigenvalue weighted by molar-refractivity contribution is 5.93. The highest BCUT2D eigenvalue weighted by atomic mass is 16.3. The number of nitrogens with one attached hydrogen (secondary N) is 1. The highest BCUT2D eigenvalue weighted by Crippen LogP contribution is 2.26. The number of fused-ring (bicyclic) bond motifs is 1. The number of aryl methyl sites for hydroxylation is 1. The Kier molecular flexibility index (Phi) is 7.20. The monoisotopic (exact) mass is 492 g/mol. The number of benzene rings is 1. The number of piperidine rings is 2. The lowest BCUT2D eigenvalue weighted by atomic mass is 9.94. The van der Waals surface area contributed by atoms with Crippen molar-refractivity contribution in [2.75, 3.05) is 38.0 Å². The predicted octanol–water partition coefficient (Wildman–Crippen LogP) is 1.84. The summed E-state index contributed by atoms with van der Waals surface area (Å²) in [6.07, 6.45) is 2.81. The second kappa shape index (κ2) is 10.5. The third kappa shape index (κ3) is 5.37. The molecule has 2 aromatic rings. The SMILES string of the molecule is CC(=O)N1CCC(Nc2cc(C(=O)N3CCC(N4CCc5ccccc5C4)C(O)C3)nc(C)n2)CC1. The molecule has 0 radical (unpaired) electrons. The van der Waals surface area contributed by atoms with Gasteiger partial charge in [-0.3, -0.25) is 14.5 Å². The Bertz CT molecular complexity index is 1120. The van der Waals surface area contributed by atoms with Crippen molar-refractivity contribution in [1.82, 2.24) is 24.7 Å². The van der Waals surface area contributed by atoms with E-state index in [0.29, 0.717) is 30.4 Å². The lowest BCUT2D eigenvalue weighted by molar-refractivity contribution is -0.129. The molecule has 5 rings (SSSR count). The van der Waals surface area contributed by atoms with Crippen LogP contribution in [0.3, 0.4) is 0 Å². The Balaban J connectivity index is 1.20. The van der Waals surface area contributed by atoms with Crippen molar-refractivity contribution in [3.63, 3.8) is 0 Å². The van der Waals surface area contributed by atoms with Gasteiger partial charge in [0.2, 0.25) is 5.91 Å². The van der Waals surface area contributed by atoms with Crippen LogP contribution in [0.1, 0.15) is 53.6 Å². The zero-order valence-corrected chi connectivity index (χ0v) is 21.2. The fourth-order valence-electron chi connectivity index (χ4n) is 5.79. The molecule has 9 heteroatoms. The first kappa shape index (κ1) is 24.6. The van der Waals surface area contributed by atoms with Crippen molar-refractivity contribution in [1.29, 1.82) is 0 Å². The smallest absolute Gasteiger partial charge is 0.272 e. The number of amides is 2. The number of aromatic nitrogens is 2. The molecule has 2 atom stereocenters. The molecule has 2 fully saturated rings. The van der Waals surface area contributed by atoms with Crippen LogP contribution in [0.4, 0.5) is 5.82 Å². The summed E-state index contributed by atoms with van der Waals surface area (Å²) in [6, 6.07) is 10.5. The van der Waals surface area contributed by atoms with Crippen LogP contribution >= 0.6 is 0 Å². The maximum atomic E-state index is 13.3. The zero-order valence-electron chi connectivity index (χ0n) is 21.2. The van der Waals surface area contributed by atoms with E-state index in [-0.39, 0.29) is 23.9 Å². The van der Waals surface area contributed by atoms with E-state index >= 15 is 0 Å². The Morgan fingerprint density at radius 2 is 1.72 bits per heavy atom. The molecular weight excluding hydrogens is 456 g/mol. The number of carbonyl (C=O) groups excluding carboxylic acids is 2. The van der Waals surface area contributed by atoms with Gasteiger partial charge in [-0.1, -0.05) is 24.3 Å². The van der Waals surface area contributed by atoms with Gasteiger partial charge in [0.15, 0.2) is 0 Å². The molecule has 1 aromatic heterocycles. The Morgan fingerprint density at radius 3 is 2.44 bits per heavy atom. The highest BCUT2D eigenvalue weighted by Gasteiger charge is 2.36. The molecule has 0 aliphatic carbocycles. The molecule has 3 aliphatic heterocycles. The first-order valence-electron chi connectivity index (χ1n) is 13.0. The van der Waals surface area contributed by atoms with E-state index in [1.54, 1.807) is 24.8 Å². The van der Waals surface area contributed by atoms with E-state index < -0.39 is 6.10 Å². The van der Waals surface area contributed by atoms with Crippen molar-refractivity contribution in [3.05, 3.63) is 53.0 Å². The Hall–Kier alpha value is -3.04. The normalized spacial score (nSPS) is 23.3. The van der Waals surface area contributed by atoms with Crippen LogP contribution in [-0.4, -0.2) is 92.5 Å². The number of aliphatic hydroxyl groups is 1. The summed E-state index contributed by atoms with van der Waals surface area (Å²) >= 11 is 0. The van der Waals surface area contributed by atoms with Crippen LogP contribution in [0.2, 0.25) is 0 Å². The molecule has 9 nitrogen and oxygen atoms in total. The molecule has 0 bridgehead atoms. The molecule has 3 aliphatic rings. The Labute approximate surface area is 212 Å². The number of hydrogen-bond acceptors (Lipinski definition) is 7. The summed E-state index contributed by atoms with van der Waals surface area (Å²) in [7, 11) is 0. The number of β-amino-alcohol motifs (C(OH)–C–C–N with tert-alkyl or cyclic N) is 1. The maximum absolute atomic E-state index is 13.3. The molecule has 2 amide bonds. The van der Waals surface area contributed by atoms with Crippen LogP contribution in [0.15, 0.2) is 30.3 Å². The van der Waals surface area contributed by atoms with Gasteiger partial charge < -0.3 is 20.2 Å². The maximum Gasteiger partial charge on any atom is 0.272 e. The van der Waals surface area contributed by atoms with Crippen LogP contribution < -0.4 is 5.32 Å². The van der Waals surface area contributed by atoms with Crippen LogP contribution in [0.25, 0.3) is 0 Å². The molecule has 36 heavy (non-hydrogen) atoms. The van der Waals surface area contributed by atoms with Gasteiger partial charge in [-0.15, -0.1) is 0 Å². The van der Waals surface area contributed by atoms with E-state index in [0.717, 1.165) is 51.9 Å². The van der Waals surface area contributed by atoms with Crippen LogP contribution in [-0.2, 0) is 17.8 Å². The summed E-state index contributed by atoms with van der Waals surface area (Å²) in [5, 5.41) is 14.4. The molecule has 4 heterocycles. The molecular formula is C27H36N6O3. The van der Waals surface area contributed by atoms with Crippen molar-refractivity contribution in [3.8, 4) is 0 Å². The third-order valence-corrected chi connectivity index (χ3v) is 7.81. The molecule has 2 N–H and O–H groups in total. The quantitative estimate of drug-likeness (QED) is 0.672. The largest absolute Gasteiger partial charge is 0.390 e. The number of likely N-dealkylation sites (tertiary alicyclic amines) is 2. The number of rotatable bonds is 4. The molecule has 1 aromatic carbocycles. The van der Waals surface area contributed by atoms with Crippen LogP contribution in [0, 0.1) is 6.92 Å². The number of hydrogen-bond donors (Lipinski definition) is 2. The third-order valence-electron chi connectivity index (χ3n) is 7.81. The predicted molar refractivity (Wildman–Crippen MR) is 137 cm³/mol.